The molecule has 3 rings (SSSR count). The summed E-state index contributed by atoms with van der Waals surface area (Å²) in [7, 11) is 1.90. The Labute approximate surface area is 121 Å². The molecule has 21 heavy (non-hydrogen) atoms. The van der Waals surface area contributed by atoms with E-state index in [1.807, 2.05) is 31.4 Å². The lowest BCUT2D eigenvalue weighted by Crippen LogP contribution is -2.13. The lowest BCUT2D eigenvalue weighted by molar-refractivity contribution is 0.746. The third kappa shape index (κ3) is 2.65. The van der Waals surface area contributed by atoms with E-state index in [4.69, 9.17) is 0 Å². The molecule has 0 bridgehead atoms. The van der Waals surface area contributed by atoms with Crippen LogP contribution in [0.1, 0.15) is 18.2 Å². The first-order chi connectivity index (χ1) is 10.2. The quantitative estimate of drug-likeness (QED) is 0.766. The first kappa shape index (κ1) is 13.4. The molecule has 0 unspecified atom stereocenters. The Balaban J connectivity index is 1.86. The summed E-state index contributed by atoms with van der Waals surface area (Å²) >= 11 is 0. The van der Waals surface area contributed by atoms with Crippen molar-refractivity contribution in [1.82, 2.24) is 19.7 Å². The van der Waals surface area contributed by atoms with E-state index >= 15 is 0 Å². The van der Waals surface area contributed by atoms with Gasteiger partial charge in [0.25, 0.3) is 5.56 Å². The Bertz CT molecular complexity index is 833. The summed E-state index contributed by atoms with van der Waals surface area (Å²) in [5.74, 6) is 0.476. The standard InChI is InChI=1S/C15H17N5O/c1-3-12-10(9-20(2)19-12)8-16-15-17-13-7-5-4-6-11(13)14(21)18-15/h4-7,9H,3,8H2,1-2H3,(H2,16,17,18,21). The topological polar surface area (TPSA) is 75.6 Å². The predicted molar refractivity (Wildman–Crippen MR) is 82.3 cm³/mol. The fourth-order valence-electron chi connectivity index (χ4n) is 2.38. The van der Waals surface area contributed by atoms with Crippen LogP contribution in [0.4, 0.5) is 5.95 Å². The minimum absolute atomic E-state index is 0.134. The maximum absolute atomic E-state index is 12.0. The van der Waals surface area contributed by atoms with Crippen LogP contribution in [-0.4, -0.2) is 19.7 Å². The molecule has 108 valence electrons. The van der Waals surface area contributed by atoms with Crippen molar-refractivity contribution in [3.63, 3.8) is 0 Å². The highest BCUT2D eigenvalue weighted by atomic mass is 16.1. The van der Waals surface area contributed by atoms with Gasteiger partial charge in [0.1, 0.15) is 0 Å². The van der Waals surface area contributed by atoms with Crippen molar-refractivity contribution >= 4 is 16.9 Å². The summed E-state index contributed by atoms with van der Waals surface area (Å²) in [5, 5.41) is 8.15. The van der Waals surface area contributed by atoms with E-state index in [9.17, 15) is 4.79 Å². The molecule has 0 atom stereocenters. The van der Waals surface area contributed by atoms with Gasteiger partial charge in [-0.2, -0.15) is 5.10 Å². The van der Waals surface area contributed by atoms with E-state index in [1.165, 1.54) is 0 Å². The molecule has 6 nitrogen and oxygen atoms in total. The van der Waals surface area contributed by atoms with Crippen molar-refractivity contribution in [3.05, 3.63) is 52.1 Å². The fraction of sp³-hybridized carbons (Fsp3) is 0.267. The number of hydrogen-bond acceptors (Lipinski definition) is 4. The number of fused-ring (bicyclic) bond motifs is 1. The molecular weight excluding hydrogens is 266 g/mol. The average molecular weight is 283 g/mol. The van der Waals surface area contributed by atoms with E-state index in [0.29, 0.717) is 23.4 Å². The van der Waals surface area contributed by atoms with Crippen LogP contribution in [0.3, 0.4) is 0 Å². The summed E-state index contributed by atoms with van der Waals surface area (Å²) in [4.78, 5) is 19.2. The molecule has 6 heteroatoms. The molecule has 0 spiro atoms. The Morgan fingerprint density at radius 2 is 2.14 bits per heavy atom. The number of hydrogen-bond donors (Lipinski definition) is 2. The third-order valence-electron chi connectivity index (χ3n) is 3.39. The normalized spacial score (nSPS) is 11.0. The zero-order valence-electron chi connectivity index (χ0n) is 12.1. The highest BCUT2D eigenvalue weighted by Crippen LogP contribution is 2.11. The average Bonchev–Trinajstić information content (AvgIpc) is 2.85. The zero-order valence-corrected chi connectivity index (χ0v) is 12.1. The van der Waals surface area contributed by atoms with Gasteiger partial charge in [0.05, 0.1) is 16.6 Å². The molecule has 0 aliphatic heterocycles. The van der Waals surface area contributed by atoms with Crippen LogP contribution in [0.2, 0.25) is 0 Å². The van der Waals surface area contributed by atoms with Gasteiger partial charge in [-0.1, -0.05) is 19.1 Å². The van der Waals surface area contributed by atoms with Gasteiger partial charge in [0, 0.05) is 25.4 Å². The van der Waals surface area contributed by atoms with Gasteiger partial charge < -0.3 is 5.32 Å². The van der Waals surface area contributed by atoms with Gasteiger partial charge in [-0.3, -0.25) is 14.5 Å². The zero-order chi connectivity index (χ0) is 14.8. The molecule has 0 fully saturated rings. The molecule has 1 aromatic carbocycles. The van der Waals surface area contributed by atoms with Crippen LogP contribution in [0.15, 0.2) is 35.3 Å². The van der Waals surface area contributed by atoms with Gasteiger partial charge in [-0.05, 0) is 18.6 Å². The Morgan fingerprint density at radius 3 is 2.95 bits per heavy atom. The molecule has 0 amide bonds. The van der Waals surface area contributed by atoms with Crippen LogP contribution >= 0.6 is 0 Å². The van der Waals surface area contributed by atoms with Crippen LogP contribution in [0.25, 0.3) is 10.9 Å². The second-order valence-electron chi connectivity index (χ2n) is 4.91. The first-order valence-electron chi connectivity index (χ1n) is 6.91. The molecule has 0 saturated carbocycles. The number of nitrogens with zero attached hydrogens (tertiary/aromatic N) is 3. The van der Waals surface area contributed by atoms with Gasteiger partial charge in [-0.25, -0.2) is 4.98 Å². The maximum Gasteiger partial charge on any atom is 0.260 e. The van der Waals surface area contributed by atoms with Gasteiger partial charge >= 0.3 is 0 Å². The molecule has 2 N–H and O–H groups in total. The predicted octanol–water partition coefficient (Wildman–Crippen LogP) is 1.83. The lowest BCUT2D eigenvalue weighted by atomic mass is 10.2. The maximum atomic E-state index is 12.0. The highest BCUT2D eigenvalue weighted by Gasteiger charge is 2.07. The van der Waals surface area contributed by atoms with Gasteiger partial charge in [0.15, 0.2) is 0 Å². The monoisotopic (exact) mass is 283 g/mol. The van der Waals surface area contributed by atoms with Crippen LogP contribution in [0.5, 0.6) is 0 Å². The number of rotatable bonds is 4. The fourth-order valence-corrected chi connectivity index (χ4v) is 2.38. The van der Waals surface area contributed by atoms with Crippen LogP contribution < -0.4 is 10.9 Å². The molecule has 2 heterocycles. The number of benzene rings is 1. The second kappa shape index (κ2) is 5.40. The number of para-hydroxylation sites is 1. The van der Waals surface area contributed by atoms with Gasteiger partial charge in [0.2, 0.25) is 5.95 Å². The molecule has 0 saturated heterocycles. The van der Waals surface area contributed by atoms with Gasteiger partial charge in [-0.15, -0.1) is 0 Å². The van der Waals surface area contributed by atoms with Crippen molar-refractivity contribution in [1.29, 1.82) is 0 Å². The lowest BCUT2D eigenvalue weighted by Gasteiger charge is -2.06. The summed E-state index contributed by atoms with van der Waals surface area (Å²) in [6.45, 7) is 2.65. The number of anilines is 1. The highest BCUT2D eigenvalue weighted by molar-refractivity contribution is 5.78. The van der Waals surface area contributed by atoms with E-state index in [1.54, 1.807) is 10.7 Å². The molecule has 0 aliphatic carbocycles. The van der Waals surface area contributed by atoms with Crippen LogP contribution in [-0.2, 0) is 20.0 Å². The number of nitrogens with one attached hydrogen (secondary N) is 2. The summed E-state index contributed by atoms with van der Waals surface area (Å²) in [6, 6.07) is 7.29. The minimum Gasteiger partial charge on any atom is -0.352 e. The Hall–Kier alpha value is -2.63. The van der Waals surface area contributed by atoms with Crippen molar-refractivity contribution < 1.29 is 0 Å². The number of H-pyrrole nitrogens is 1. The SMILES string of the molecule is CCc1nn(C)cc1CNc1nc2ccccc2c(=O)[nH]1. The number of aromatic amines is 1. The van der Waals surface area contributed by atoms with Crippen molar-refractivity contribution in [2.75, 3.05) is 5.32 Å². The first-order valence-corrected chi connectivity index (χ1v) is 6.91. The summed E-state index contributed by atoms with van der Waals surface area (Å²) in [6.07, 6.45) is 2.85. The third-order valence-corrected chi connectivity index (χ3v) is 3.39. The Morgan fingerprint density at radius 1 is 1.33 bits per heavy atom. The molecule has 2 aromatic heterocycles. The van der Waals surface area contributed by atoms with E-state index in [2.05, 4.69) is 27.3 Å². The molecular formula is C15H17N5O. The smallest absolute Gasteiger partial charge is 0.260 e. The summed E-state index contributed by atoms with van der Waals surface area (Å²) in [5.41, 5.74) is 2.71. The van der Waals surface area contributed by atoms with E-state index in [0.717, 1.165) is 17.7 Å². The second-order valence-corrected chi connectivity index (χ2v) is 4.91. The van der Waals surface area contributed by atoms with Crippen molar-refractivity contribution in [2.24, 2.45) is 7.05 Å². The number of aryl methyl sites for hydroxylation is 2. The van der Waals surface area contributed by atoms with E-state index < -0.39 is 0 Å². The largest absolute Gasteiger partial charge is 0.352 e. The molecule has 0 aliphatic rings. The molecule has 3 aromatic rings. The minimum atomic E-state index is -0.134. The summed E-state index contributed by atoms with van der Waals surface area (Å²) < 4.78 is 1.80. The number of aromatic nitrogens is 4. The Kier molecular flexibility index (Phi) is 3.43. The van der Waals surface area contributed by atoms with Crippen LogP contribution in [0, 0.1) is 0 Å². The van der Waals surface area contributed by atoms with Crippen molar-refractivity contribution in [2.45, 2.75) is 19.9 Å². The van der Waals surface area contributed by atoms with E-state index in [-0.39, 0.29) is 5.56 Å². The molecule has 0 radical (unpaired) electrons. The van der Waals surface area contributed by atoms with Crippen molar-refractivity contribution in [3.8, 4) is 0 Å².